The number of carboxylic acids is 1. The van der Waals surface area contributed by atoms with Crippen molar-refractivity contribution in [3.05, 3.63) is 30.4 Å². The molecular weight excluding hydrogens is 248 g/mol. The lowest BCUT2D eigenvalue weighted by molar-refractivity contribution is -0.142. The van der Waals surface area contributed by atoms with E-state index in [4.69, 9.17) is 10.8 Å². The molecule has 5 N–H and O–H groups in total. The molecule has 0 radical (unpaired) electrons. The summed E-state index contributed by atoms with van der Waals surface area (Å²) in [6.45, 7) is 0. The third-order valence-corrected chi connectivity index (χ3v) is 3.05. The van der Waals surface area contributed by atoms with Crippen LogP contribution in [0.2, 0.25) is 0 Å². The van der Waals surface area contributed by atoms with Gasteiger partial charge in [-0.2, -0.15) is 0 Å². The summed E-state index contributed by atoms with van der Waals surface area (Å²) < 4.78 is 0. The molecule has 3 atom stereocenters. The molecule has 0 aromatic carbocycles. The van der Waals surface area contributed by atoms with Gasteiger partial charge in [0.25, 0.3) is 0 Å². The van der Waals surface area contributed by atoms with E-state index in [1.54, 1.807) is 12.2 Å². The second-order valence-electron chi connectivity index (χ2n) is 4.57. The van der Waals surface area contributed by atoms with E-state index in [-0.39, 0.29) is 24.3 Å². The molecule has 1 aliphatic carbocycles. The molecule has 0 spiro atoms. The van der Waals surface area contributed by atoms with Crippen molar-refractivity contribution in [2.45, 2.75) is 24.9 Å². The van der Waals surface area contributed by atoms with Gasteiger partial charge in [-0.25, -0.2) is 9.78 Å². The number of carboxylic acid groups (broad SMARTS) is 1. The lowest BCUT2D eigenvalue weighted by Gasteiger charge is -2.16. The van der Waals surface area contributed by atoms with Crippen molar-refractivity contribution in [2.24, 2.45) is 11.7 Å². The first-order chi connectivity index (χ1) is 9.06. The van der Waals surface area contributed by atoms with Crippen molar-refractivity contribution in [1.82, 2.24) is 15.3 Å². The standard InChI is InChI=1S/C12H16N4O3/c13-8-2-1-7(3-8)11(17)16-10(12(18)19)4-9-5-14-6-15-9/h1-2,5-8,10H,3-4,13H2,(H,14,15)(H,16,17)(H,18,19). The first-order valence-corrected chi connectivity index (χ1v) is 6.00. The number of nitrogens with zero attached hydrogens (tertiary/aromatic N) is 1. The molecule has 19 heavy (non-hydrogen) atoms. The highest BCUT2D eigenvalue weighted by atomic mass is 16.4. The van der Waals surface area contributed by atoms with Crippen molar-refractivity contribution in [1.29, 1.82) is 0 Å². The Balaban J connectivity index is 1.95. The number of hydrogen-bond donors (Lipinski definition) is 4. The zero-order valence-electron chi connectivity index (χ0n) is 10.2. The van der Waals surface area contributed by atoms with Crippen LogP contribution in [-0.4, -0.2) is 39.0 Å². The third kappa shape index (κ3) is 3.41. The van der Waals surface area contributed by atoms with E-state index in [1.807, 2.05) is 0 Å². The van der Waals surface area contributed by atoms with E-state index in [0.29, 0.717) is 12.1 Å². The van der Waals surface area contributed by atoms with Crippen LogP contribution in [0, 0.1) is 5.92 Å². The van der Waals surface area contributed by atoms with Gasteiger partial charge >= 0.3 is 5.97 Å². The summed E-state index contributed by atoms with van der Waals surface area (Å²) in [6.07, 6.45) is 7.16. The number of hydrogen-bond acceptors (Lipinski definition) is 4. The SMILES string of the molecule is NC1C=CC(C(=O)NC(Cc2cnc[nH]2)C(=O)O)C1. The molecule has 1 amide bonds. The molecule has 0 fully saturated rings. The number of carbonyl (C=O) groups is 2. The Morgan fingerprint density at radius 1 is 1.58 bits per heavy atom. The lowest BCUT2D eigenvalue weighted by atomic mass is 10.1. The molecule has 1 aliphatic rings. The molecule has 102 valence electrons. The Kier molecular flexibility index (Phi) is 3.96. The summed E-state index contributed by atoms with van der Waals surface area (Å²) in [5.74, 6) is -1.73. The van der Waals surface area contributed by atoms with Crippen molar-refractivity contribution in [2.75, 3.05) is 0 Å². The first kappa shape index (κ1) is 13.3. The van der Waals surface area contributed by atoms with Crippen molar-refractivity contribution >= 4 is 11.9 Å². The molecule has 0 bridgehead atoms. The molecule has 3 unspecified atom stereocenters. The average molecular weight is 264 g/mol. The average Bonchev–Trinajstić information content (AvgIpc) is 2.99. The van der Waals surface area contributed by atoms with Crippen LogP contribution in [0.25, 0.3) is 0 Å². The second-order valence-corrected chi connectivity index (χ2v) is 4.57. The van der Waals surface area contributed by atoms with Gasteiger partial charge < -0.3 is 21.1 Å². The van der Waals surface area contributed by atoms with Gasteiger partial charge in [-0.3, -0.25) is 4.79 Å². The van der Waals surface area contributed by atoms with Crippen molar-refractivity contribution in [3.63, 3.8) is 0 Å². The summed E-state index contributed by atoms with van der Waals surface area (Å²) in [6, 6.07) is -1.11. The number of carbonyl (C=O) groups excluding carboxylic acids is 1. The maximum atomic E-state index is 11.9. The Morgan fingerprint density at radius 2 is 2.37 bits per heavy atom. The minimum absolute atomic E-state index is 0.133. The van der Waals surface area contributed by atoms with Crippen LogP contribution in [0.3, 0.4) is 0 Å². The molecule has 2 rings (SSSR count). The van der Waals surface area contributed by atoms with E-state index in [1.165, 1.54) is 12.5 Å². The van der Waals surface area contributed by atoms with Crippen LogP contribution >= 0.6 is 0 Å². The van der Waals surface area contributed by atoms with Gasteiger partial charge in [0, 0.05) is 24.4 Å². The number of rotatable bonds is 5. The topological polar surface area (TPSA) is 121 Å². The summed E-state index contributed by atoms with van der Waals surface area (Å²) in [4.78, 5) is 29.7. The second kappa shape index (κ2) is 5.66. The fraction of sp³-hybridized carbons (Fsp3) is 0.417. The van der Waals surface area contributed by atoms with Crippen molar-refractivity contribution in [3.8, 4) is 0 Å². The van der Waals surface area contributed by atoms with Crippen LogP contribution in [0.4, 0.5) is 0 Å². The van der Waals surface area contributed by atoms with Crippen LogP contribution in [-0.2, 0) is 16.0 Å². The summed E-state index contributed by atoms with van der Waals surface area (Å²) in [5.41, 5.74) is 6.33. The molecule has 1 aromatic heterocycles. The van der Waals surface area contributed by atoms with Crippen LogP contribution in [0.1, 0.15) is 12.1 Å². The fourth-order valence-corrected chi connectivity index (χ4v) is 2.02. The normalized spacial score (nSPS) is 23.2. The van der Waals surface area contributed by atoms with E-state index in [2.05, 4.69) is 15.3 Å². The minimum Gasteiger partial charge on any atom is -0.480 e. The molecule has 0 saturated carbocycles. The van der Waals surface area contributed by atoms with Gasteiger partial charge in [0.1, 0.15) is 6.04 Å². The zero-order valence-corrected chi connectivity index (χ0v) is 10.2. The number of amides is 1. The molecule has 7 nitrogen and oxygen atoms in total. The van der Waals surface area contributed by atoms with E-state index in [9.17, 15) is 9.59 Å². The molecule has 0 saturated heterocycles. The maximum Gasteiger partial charge on any atom is 0.326 e. The number of nitrogens with one attached hydrogen (secondary N) is 2. The Bertz CT molecular complexity index is 483. The maximum absolute atomic E-state index is 11.9. The van der Waals surface area contributed by atoms with E-state index >= 15 is 0 Å². The smallest absolute Gasteiger partial charge is 0.326 e. The summed E-state index contributed by atoms with van der Waals surface area (Å²) in [7, 11) is 0. The number of nitrogens with two attached hydrogens (primary N) is 1. The Morgan fingerprint density at radius 3 is 2.89 bits per heavy atom. The molecule has 0 aliphatic heterocycles. The van der Waals surface area contributed by atoms with Crippen molar-refractivity contribution < 1.29 is 14.7 Å². The monoisotopic (exact) mass is 264 g/mol. The number of aromatic amines is 1. The highest BCUT2D eigenvalue weighted by molar-refractivity contribution is 5.86. The first-order valence-electron chi connectivity index (χ1n) is 6.00. The summed E-state index contributed by atoms with van der Waals surface area (Å²) >= 11 is 0. The predicted octanol–water partition coefficient (Wildman–Crippen LogP) is -0.575. The number of imidazole rings is 1. The molecular formula is C12H16N4O3. The number of aliphatic carboxylic acids is 1. The van der Waals surface area contributed by atoms with Gasteiger partial charge in [-0.05, 0) is 6.42 Å². The van der Waals surface area contributed by atoms with Crippen LogP contribution < -0.4 is 11.1 Å². The highest BCUT2D eigenvalue weighted by Crippen LogP contribution is 2.16. The number of aromatic nitrogens is 2. The third-order valence-electron chi connectivity index (χ3n) is 3.05. The van der Waals surface area contributed by atoms with E-state index in [0.717, 1.165) is 0 Å². The largest absolute Gasteiger partial charge is 0.480 e. The lowest BCUT2D eigenvalue weighted by Crippen LogP contribution is -2.44. The van der Waals surface area contributed by atoms with E-state index < -0.39 is 12.0 Å². The van der Waals surface area contributed by atoms with Gasteiger partial charge in [0.2, 0.25) is 5.91 Å². The quantitative estimate of drug-likeness (QED) is 0.530. The molecule has 1 heterocycles. The van der Waals surface area contributed by atoms with Gasteiger partial charge in [-0.1, -0.05) is 12.2 Å². The van der Waals surface area contributed by atoms with Gasteiger partial charge in [0.05, 0.1) is 12.2 Å². The zero-order chi connectivity index (χ0) is 13.8. The Hall–Kier alpha value is -2.15. The Labute approximate surface area is 109 Å². The van der Waals surface area contributed by atoms with Crippen LogP contribution in [0.15, 0.2) is 24.7 Å². The minimum atomic E-state index is -1.07. The fourth-order valence-electron chi connectivity index (χ4n) is 2.02. The van der Waals surface area contributed by atoms with Crippen LogP contribution in [0.5, 0.6) is 0 Å². The molecule has 1 aromatic rings. The molecule has 7 heteroatoms. The van der Waals surface area contributed by atoms with Gasteiger partial charge in [-0.15, -0.1) is 0 Å². The summed E-state index contributed by atoms with van der Waals surface area (Å²) in [5, 5.41) is 11.6. The number of H-pyrrole nitrogens is 1. The van der Waals surface area contributed by atoms with Gasteiger partial charge in [0.15, 0.2) is 0 Å². The highest BCUT2D eigenvalue weighted by Gasteiger charge is 2.27. The predicted molar refractivity (Wildman–Crippen MR) is 67.1 cm³/mol.